The summed E-state index contributed by atoms with van der Waals surface area (Å²) in [4.78, 5) is 21.8. The number of nitro groups is 1. The molecular formula is C14H15NO4. The first kappa shape index (κ1) is 13.3. The van der Waals surface area contributed by atoms with Gasteiger partial charge in [-0.2, -0.15) is 0 Å². The molecule has 1 atom stereocenters. The highest BCUT2D eigenvalue weighted by Gasteiger charge is 2.32. The van der Waals surface area contributed by atoms with Gasteiger partial charge < -0.3 is 5.11 Å². The van der Waals surface area contributed by atoms with Crippen LogP contribution < -0.4 is 0 Å². The van der Waals surface area contributed by atoms with Crippen LogP contribution in [0.5, 0.6) is 0 Å². The van der Waals surface area contributed by atoms with Crippen LogP contribution in [-0.2, 0) is 4.79 Å². The van der Waals surface area contributed by atoms with E-state index in [1.54, 1.807) is 6.07 Å². The molecule has 5 heteroatoms. The van der Waals surface area contributed by atoms with Crippen molar-refractivity contribution in [3.8, 4) is 0 Å². The fourth-order valence-corrected chi connectivity index (χ4v) is 2.46. The summed E-state index contributed by atoms with van der Waals surface area (Å²) in [6.45, 7) is 1.59. The smallest absolute Gasteiger partial charge is 0.214 e. The molecule has 2 rings (SSSR count). The first-order valence-corrected chi connectivity index (χ1v) is 6.12. The number of carbonyl (C=O) groups is 1. The molecule has 0 aliphatic heterocycles. The Morgan fingerprint density at radius 1 is 1.42 bits per heavy atom. The Kier molecular flexibility index (Phi) is 3.64. The lowest BCUT2D eigenvalue weighted by atomic mass is 9.89. The summed E-state index contributed by atoms with van der Waals surface area (Å²) in [5, 5.41) is 20.6. The molecule has 1 aliphatic carbocycles. The molecule has 1 aromatic carbocycles. The van der Waals surface area contributed by atoms with Gasteiger partial charge in [0, 0.05) is 11.3 Å². The largest absolute Gasteiger partial charge is 0.504 e. The van der Waals surface area contributed by atoms with E-state index in [0.29, 0.717) is 12.0 Å². The minimum Gasteiger partial charge on any atom is -0.504 e. The summed E-state index contributed by atoms with van der Waals surface area (Å²) in [5.41, 5.74) is 2.26. The zero-order chi connectivity index (χ0) is 14.0. The fourth-order valence-electron chi connectivity index (χ4n) is 2.46. The first-order chi connectivity index (χ1) is 8.99. The number of aliphatic hydroxyl groups excluding tert-OH is 1. The van der Waals surface area contributed by atoms with E-state index in [0.717, 1.165) is 11.1 Å². The molecular weight excluding hydrogens is 246 g/mol. The first-order valence-electron chi connectivity index (χ1n) is 6.12. The number of hydrogen-bond acceptors (Lipinski definition) is 4. The van der Waals surface area contributed by atoms with Crippen molar-refractivity contribution in [1.82, 2.24) is 0 Å². The summed E-state index contributed by atoms with van der Waals surface area (Å²) in [6.07, 6.45) is 0.637. The van der Waals surface area contributed by atoms with Crippen molar-refractivity contribution in [2.24, 2.45) is 0 Å². The molecule has 1 aromatic rings. The topological polar surface area (TPSA) is 80.4 Å². The van der Waals surface area contributed by atoms with Gasteiger partial charge in [-0.05, 0) is 24.5 Å². The van der Waals surface area contributed by atoms with Crippen LogP contribution in [0.15, 0.2) is 35.6 Å². The van der Waals surface area contributed by atoms with E-state index in [1.807, 2.05) is 25.1 Å². The molecule has 0 fully saturated rings. The highest BCUT2D eigenvalue weighted by atomic mass is 16.6. The molecule has 5 nitrogen and oxygen atoms in total. The second-order valence-corrected chi connectivity index (χ2v) is 4.78. The maximum Gasteiger partial charge on any atom is 0.214 e. The average molecular weight is 261 g/mol. The van der Waals surface area contributed by atoms with Crippen LogP contribution in [0.4, 0.5) is 0 Å². The number of ketones is 1. The molecule has 0 bridgehead atoms. The average Bonchev–Trinajstić information content (AvgIpc) is 2.67. The highest BCUT2D eigenvalue weighted by molar-refractivity contribution is 5.96. The van der Waals surface area contributed by atoms with Crippen LogP contribution in [0.2, 0.25) is 0 Å². The standard InChI is InChI=1S/C14H15NO4/c1-9-3-2-4-10(7-9)12(8-15(18)19)11-5-6-13(16)14(11)17/h2-4,7,12,17H,5-6,8H2,1H3/t12-/m1/s1. The molecule has 0 radical (unpaired) electrons. The van der Waals surface area contributed by atoms with E-state index in [-0.39, 0.29) is 24.5 Å². The lowest BCUT2D eigenvalue weighted by molar-refractivity contribution is -0.482. The molecule has 0 unspecified atom stereocenters. The zero-order valence-electron chi connectivity index (χ0n) is 10.6. The number of allylic oxidation sites excluding steroid dienone is 1. The van der Waals surface area contributed by atoms with E-state index in [9.17, 15) is 20.0 Å². The van der Waals surface area contributed by atoms with E-state index in [4.69, 9.17) is 0 Å². The van der Waals surface area contributed by atoms with E-state index in [1.165, 1.54) is 0 Å². The number of benzene rings is 1. The number of rotatable bonds is 4. The maximum atomic E-state index is 11.4. The zero-order valence-corrected chi connectivity index (χ0v) is 10.6. The monoisotopic (exact) mass is 261 g/mol. The third kappa shape index (κ3) is 2.81. The molecule has 0 saturated heterocycles. The van der Waals surface area contributed by atoms with Crippen LogP contribution in [0.3, 0.4) is 0 Å². The molecule has 0 heterocycles. The van der Waals surface area contributed by atoms with Crippen molar-refractivity contribution in [2.75, 3.05) is 6.54 Å². The molecule has 100 valence electrons. The summed E-state index contributed by atoms with van der Waals surface area (Å²) >= 11 is 0. The van der Waals surface area contributed by atoms with Gasteiger partial charge in [0.15, 0.2) is 11.5 Å². The van der Waals surface area contributed by atoms with Crippen LogP contribution >= 0.6 is 0 Å². The summed E-state index contributed by atoms with van der Waals surface area (Å²) in [6, 6.07) is 7.38. The van der Waals surface area contributed by atoms with Crippen molar-refractivity contribution in [2.45, 2.75) is 25.7 Å². The Labute approximate surface area is 110 Å². The minimum absolute atomic E-state index is 0.237. The van der Waals surface area contributed by atoms with Gasteiger partial charge in [0.1, 0.15) is 0 Å². The quantitative estimate of drug-likeness (QED) is 0.667. The van der Waals surface area contributed by atoms with E-state index >= 15 is 0 Å². The lowest BCUT2D eigenvalue weighted by Crippen LogP contribution is -2.15. The molecule has 0 amide bonds. The van der Waals surface area contributed by atoms with Crippen LogP contribution in [-0.4, -0.2) is 22.4 Å². The molecule has 1 aliphatic rings. The van der Waals surface area contributed by atoms with Gasteiger partial charge in [-0.3, -0.25) is 14.9 Å². The number of Topliss-reactive ketones (excluding diaryl/α,β-unsaturated/α-hetero) is 1. The number of aliphatic hydroxyl groups is 1. The third-order valence-electron chi connectivity index (χ3n) is 3.39. The van der Waals surface area contributed by atoms with Gasteiger partial charge >= 0.3 is 0 Å². The number of aryl methyl sites for hydroxylation is 1. The van der Waals surface area contributed by atoms with Crippen molar-refractivity contribution < 1.29 is 14.8 Å². The van der Waals surface area contributed by atoms with Crippen molar-refractivity contribution in [3.05, 3.63) is 56.8 Å². The Morgan fingerprint density at radius 3 is 2.68 bits per heavy atom. The van der Waals surface area contributed by atoms with Crippen LogP contribution in [0.25, 0.3) is 0 Å². The van der Waals surface area contributed by atoms with E-state index in [2.05, 4.69) is 0 Å². The molecule has 0 spiro atoms. The van der Waals surface area contributed by atoms with Gasteiger partial charge in [-0.1, -0.05) is 29.8 Å². The Bertz CT molecular complexity index is 562. The van der Waals surface area contributed by atoms with E-state index < -0.39 is 10.8 Å². The number of carbonyl (C=O) groups excluding carboxylic acids is 1. The molecule has 19 heavy (non-hydrogen) atoms. The summed E-state index contributed by atoms with van der Waals surface area (Å²) in [5.74, 6) is -1.13. The number of hydrogen-bond donors (Lipinski definition) is 1. The van der Waals surface area contributed by atoms with Crippen LogP contribution in [0.1, 0.15) is 29.9 Å². The molecule has 1 N–H and O–H groups in total. The van der Waals surface area contributed by atoms with Gasteiger partial charge in [0.25, 0.3) is 0 Å². The van der Waals surface area contributed by atoms with Crippen molar-refractivity contribution in [3.63, 3.8) is 0 Å². The Hall–Kier alpha value is -2.17. The fraction of sp³-hybridized carbons (Fsp3) is 0.357. The Balaban J connectivity index is 2.42. The molecule has 0 saturated carbocycles. The van der Waals surface area contributed by atoms with Gasteiger partial charge in [0.05, 0.1) is 5.92 Å². The van der Waals surface area contributed by atoms with Gasteiger partial charge in [0.2, 0.25) is 6.54 Å². The number of nitrogens with zero attached hydrogens (tertiary/aromatic N) is 1. The van der Waals surface area contributed by atoms with Gasteiger partial charge in [-0.15, -0.1) is 0 Å². The van der Waals surface area contributed by atoms with Crippen molar-refractivity contribution >= 4 is 5.78 Å². The summed E-state index contributed by atoms with van der Waals surface area (Å²) in [7, 11) is 0. The lowest BCUT2D eigenvalue weighted by Gasteiger charge is -2.15. The normalized spacial score (nSPS) is 16.8. The highest BCUT2D eigenvalue weighted by Crippen LogP contribution is 2.34. The second-order valence-electron chi connectivity index (χ2n) is 4.78. The minimum atomic E-state index is -0.527. The third-order valence-corrected chi connectivity index (χ3v) is 3.39. The SMILES string of the molecule is Cc1cccc([C@@H](C[N+](=O)[O-])C2=C(O)C(=O)CC2)c1. The summed E-state index contributed by atoms with van der Waals surface area (Å²) < 4.78 is 0. The van der Waals surface area contributed by atoms with Gasteiger partial charge in [-0.25, -0.2) is 0 Å². The predicted molar refractivity (Wildman–Crippen MR) is 69.7 cm³/mol. The second kappa shape index (κ2) is 5.22. The molecule has 0 aromatic heterocycles. The predicted octanol–water partition coefficient (Wildman–Crippen LogP) is 2.53. The van der Waals surface area contributed by atoms with Crippen LogP contribution in [0, 0.1) is 17.0 Å². The maximum absolute atomic E-state index is 11.4. The van der Waals surface area contributed by atoms with Crippen molar-refractivity contribution in [1.29, 1.82) is 0 Å². The Morgan fingerprint density at radius 2 is 2.16 bits per heavy atom.